The number of rotatable bonds is 6. The number of hydrogen-bond donors (Lipinski definition) is 1. The Balaban J connectivity index is 1.75. The molecular weight excluding hydrogens is 196 g/mol. The maximum absolute atomic E-state index is 4.05. The number of nitrogens with zero attached hydrogens (tertiary/aromatic N) is 1. The van der Waals surface area contributed by atoms with Crippen LogP contribution in [-0.2, 0) is 6.42 Å². The fraction of sp³-hybridized carbons (Fsp3) is 0.643. The van der Waals surface area contributed by atoms with Crippen molar-refractivity contribution in [3.63, 3.8) is 0 Å². The monoisotopic (exact) mass is 218 g/mol. The van der Waals surface area contributed by atoms with Crippen molar-refractivity contribution in [1.29, 1.82) is 0 Å². The Hall–Kier alpha value is -0.890. The Morgan fingerprint density at radius 2 is 1.94 bits per heavy atom. The first-order valence-electron chi connectivity index (χ1n) is 6.38. The molecule has 1 aromatic heterocycles. The van der Waals surface area contributed by atoms with E-state index in [2.05, 4.69) is 36.3 Å². The Morgan fingerprint density at radius 1 is 1.25 bits per heavy atom. The van der Waals surface area contributed by atoms with E-state index in [0.717, 1.165) is 30.8 Å². The van der Waals surface area contributed by atoms with E-state index in [1.807, 2.05) is 12.4 Å². The van der Waals surface area contributed by atoms with Gasteiger partial charge in [0.05, 0.1) is 0 Å². The third-order valence-electron chi connectivity index (χ3n) is 3.58. The highest BCUT2D eigenvalue weighted by Crippen LogP contribution is 2.21. The van der Waals surface area contributed by atoms with Crippen LogP contribution in [0.4, 0.5) is 0 Å². The first-order chi connectivity index (χ1) is 7.75. The first kappa shape index (κ1) is 11.6. The van der Waals surface area contributed by atoms with Crippen LogP contribution in [-0.4, -0.2) is 17.6 Å². The van der Waals surface area contributed by atoms with E-state index in [1.165, 1.54) is 18.4 Å². The molecule has 0 aliphatic heterocycles. The molecule has 0 amide bonds. The second kappa shape index (κ2) is 5.44. The molecule has 2 rings (SSSR count). The summed E-state index contributed by atoms with van der Waals surface area (Å²) in [5, 5.41) is 3.61. The van der Waals surface area contributed by atoms with E-state index in [1.54, 1.807) is 0 Å². The SMILES string of the molecule is CC(CNC1CC1)C(C)Cc1ccncc1. The molecule has 2 nitrogen and oxygen atoms in total. The Bertz CT molecular complexity index is 306. The van der Waals surface area contributed by atoms with Gasteiger partial charge in [-0.3, -0.25) is 4.98 Å². The normalized spacial score (nSPS) is 19.4. The molecule has 2 unspecified atom stereocenters. The van der Waals surface area contributed by atoms with E-state index in [0.29, 0.717) is 0 Å². The minimum Gasteiger partial charge on any atom is -0.314 e. The van der Waals surface area contributed by atoms with Crippen molar-refractivity contribution in [2.45, 2.75) is 39.2 Å². The lowest BCUT2D eigenvalue weighted by Crippen LogP contribution is -2.27. The van der Waals surface area contributed by atoms with Crippen LogP contribution in [0, 0.1) is 11.8 Å². The summed E-state index contributed by atoms with van der Waals surface area (Å²) in [7, 11) is 0. The van der Waals surface area contributed by atoms with Gasteiger partial charge in [0.1, 0.15) is 0 Å². The molecule has 1 N–H and O–H groups in total. The summed E-state index contributed by atoms with van der Waals surface area (Å²) in [6.45, 7) is 5.86. The highest BCUT2D eigenvalue weighted by molar-refractivity contribution is 5.10. The minimum atomic E-state index is 0.730. The largest absolute Gasteiger partial charge is 0.314 e. The zero-order valence-corrected chi connectivity index (χ0v) is 10.3. The van der Waals surface area contributed by atoms with Crippen LogP contribution in [0.15, 0.2) is 24.5 Å². The highest BCUT2D eigenvalue weighted by Gasteiger charge is 2.22. The summed E-state index contributed by atoms with van der Waals surface area (Å²) in [6.07, 6.45) is 7.69. The van der Waals surface area contributed by atoms with Gasteiger partial charge in [0, 0.05) is 18.4 Å². The fourth-order valence-corrected chi connectivity index (χ4v) is 1.93. The molecule has 0 spiro atoms. The molecule has 1 aromatic rings. The molecule has 16 heavy (non-hydrogen) atoms. The summed E-state index contributed by atoms with van der Waals surface area (Å²) < 4.78 is 0. The molecule has 1 aliphatic carbocycles. The molecule has 0 saturated heterocycles. The molecule has 88 valence electrons. The second-order valence-electron chi connectivity index (χ2n) is 5.20. The molecule has 1 saturated carbocycles. The summed E-state index contributed by atoms with van der Waals surface area (Å²) in [6, 6.07) is 5.07. The third kappa shape index (κ3) is 3.60. The molecule has 0 bridgehead atoms. The van der Waals surface area contributed by atoms with Crippen LogP contribution in [0.1, 0.15) is 32.3 Å². The van der Waals surface area contributed by atoms with Gasteiger partial charge in [0.2, 0.25) is 0 Å². The average Bonchev–Trinajstić information content (AvgIpc) is 3.11. The second-order valence-corrected chi connectivity index (χ2v) is 5.20. The Morgan fingerprint density at radius 3 is 2.56 bits per heavy atom. The zero-order chi connectivity index (χ0) is 11.4. The van der Waals surface area contributed by atoms with Crippen molar-refractivity contribution >= 4 is 0 Å². The molecule has 1 aliphatic rings. The van der Waals surface area contributed by atoms with Crippen molar-refractivity contribution in [3.8, 4) is 0 Å². The van der Waals surface area contributed by atoms with E-state index < -0.39 is 0 Å². The molecule has 0 radical (unpaired) electrons. The smallest absolute Gasteiger partial charge is 0.0270 e. The predicted octanol–water partition coefficient (Wildman–Crippen LogP) is 2.65. The number of nitrogens with one attached hydrogen (secondary N) is 1. The lowest BCUT2D eigenvalue weighted by Gasteiger charge is -2.20. The van der Waals surface area contributed by atoms with Crippen molar-refractivity contribution < 1.29 is 0 Å². The van der Waals surface area contributed by atoms with E-state index >= 15 is 0 Å². The third-order valence-corrected chi connectivity index (χ3v) is 3.58. The van der Waals surface area contributed by atoms with Crippen molar-refractivity contribution in [3.05, 3.63) is 30.1 Å². The molecule has 2 atom stereocenters. The van der Waals surface area contributed by atoms with Gasteiger partial charge in [0.25, 0.3) is 0 Å². The topological polar surface area (TPSA) is 24.9 Å². The summed E-state index contributed by atoms with van der Waals surface area (Å²) in [4.78, 5) is 4.05. The number of hydrogen-bond acceptors (Lipinski definition) is 2. The van der Waals surface area contributed by atoms with E-state index in [9.17, 15) is 0 Å². The number of aromatic nitrogens is 1. The van der Waals surface area contributed by atoms with Crippen LogP contribution < -0.4 is 5.32 Å². The zero-order valence-electron chi connectivity index (χ0n) is 10.3. The molecule has 1 fully saturated rings. The summed E-state index contributed by atoms with van der Waals surface area (Å²) >= 11 is 0. The van der Waals surface area contributed by atoms with Crippen LogP contribution in [0.2, 0.25) is 0 Å². The van der Waals surface area contributed by atoms with Crippen molar-refractivity contribution in [1.82, 2.24) is 10.3 Å². The van der Waals surface area contributed by atoms with Gasteiger partial charge in [-0.15, -0.1) is 0 Å². The summed E-state index contributed by atoms with van der Waals surface area (Å²) in [5.41, 5.74) is 1.40. The highest BCUT2D eigenvalue weighted by atomic mass is 14.9. The lowest BCUT2D eigenvalue weighted by molar-refractivity contribution is 0.364. The van der Waals surface area contributed by atoms with Gasteiger partial charge in [-0.2, -0.15) is 0 Å². The van der Waals surface area contributed by atoms with Gasteiger partial charge < -0.3 is 5.32 Å². The van der Waals surface area contributed by atoms with Crippen LogP contribution in [0.5, 0.6) is 0 Å². The summed E-state index contributed by atoms with van der Waals surface area (Å²) in [5.74, 6) is 1.47. The standard InChI is InChI=1S/C14H22N2/c1-11(9-13-5-7-15-8-6-13)12(2)10-16-14-3-4-14/h5-8,11-12,14,16H,3-4,9-10H2,1-2H3. The molecule has 1 heterocycles. The minimum absolute atomic E-state index is 0.730. The van der Waals surface area contributed by atoms with Gasteiger partial charge in [-0.1, -0.05) is 13.8 Å². The number of pyridine rings is 1. The van der Waals surface area contributed by atoms with Crippen molar-refractivity contribution in [2.75, 3.05) is 6.54 Å². The van der Waals surface area contributed by atoms with Crippen LogP contribution in [0.25, 0.3) is 0 Å². The van der Waals surface area contributed by atoms with Gasteiger partial charge >= 0.3 is 0 Å². The Labute approximate surface area is 98.5 Å². The van der Waals surface area contributed by atoms with Gasteiger partial charge in [0.15, 0.2) is 0 Å². The Kier molecular flexibility index (Phi) is 3.94. The van der Waals surface area contributed by atoms with Gasteiger partial charge in [-0.05, 0) is 55.3 Å². The van der Waals surface area contributed by atoms with Crippen LogP contribution >= 0.6 is 0 Å². The maximum atomic E-state index is 4.05. The lowest BCUT2D eigenvalue weighted by atomic mass is 9.90. The van der Waals surface area contributed by atoms with Crippen LogP contribution in [0.3, 0.4) is 0 Å². The quantitative estimate of drug-likeness (QED) is 0.794. The fourth-order valence-electron chi connectivity index (χ4n) is 1.93. The van der Waals surface area contributed by atoms with Crippen molar-refractivity contribution in [2.24, 2.45) is 11.8 Å². The van der Waals surface area contributed by atoms with Gasteiger partial charge in [-0.25, -0.2) is 0 Å². The predicted molar refractivity (Wildman–Crippen MR) is 67.3 cm³/mol. The first-order valence-corrected chi connectivity index (χ1v) is 6.38. The maximum Gasteiger partial charge on any atom is 0.0270 e. The van der Waals surface area contributed by atoms with E-state index in [4.69, 9.17) is 0 Å². The van der Waals surface area contributed by atoms with E-state index in [-0.39, 0.29) is 0 Å². The average molecular weight is 218 g/mol. The molecular formula is C14H22N2. The molecule has 0 aromatic carbocycles. The molecule has 2 heteroatoms.